The Bertz CT molecular complexity index is 345. The number of rotatable bonds is 7. The minimum absolute atomic E-state index is 0.284. The van der Waals surface area contributed by atoms with Crippen molar-refractivity contribution in [3.8, 4) is 0 Å². The summed E-state index contributed by atoms with van der Waals surface area (Å²) in [5.41, 5.74) is 0.970. The molecule has 0 aliphatic heterocycles. The van der Waals surface area contributed by atoms with Gasteiger partial charge in [0.2, 0.25) is 0 Å². The third-order valence-corrected chi connectivity index (χ3v) is 2.46. The summed E-state index contributed by atoms with van der Waals surface area (Å²) in [6.07, 6.45) is -0.353. The van der Waals surface area contributed by atoms with Gasteiger partial charge in [-0.15, -0.1) is 11.6 Å². The first-order valence-electron chi connectivity index (χ1n) is 5.79. The molecule has 0 saturated carbocycles. The van der Waals surface area contributed by atoms with Crippen LogP contribution in [-0.2, 0) is 16.1 Å². The van der Waals surface area contributed by atoms with Gasteiger partial charge in [0, 0.05) is 19.5 Å². The Morgan fingerprint density at radius 2 is 2.00 bits per heavy atom. The number of benzene rings is 1. The number of halogens is 1. The molecule has 0 heterocycles. The summed E-state index contributed by atoms with van der Waals surface area (Å²) in [5.74, 6) is 0.460. The quantitative estimate of drug-likeness (QED) is 0.565. The van der Waals surface area contributed by atoms with Crippen molar-refractivity contribution >= 4 is 17.7 Å². The molecule has 0 unspecified atom stereocenters. The SMILES string of the molecule is CN(CCOCCCl)C(=O)OCc1ccccc1. The maximum Gasteiger partial charge on any atom is 0.409 e. The molecular formula is C13H18ClNO3. The van der Waals surface area contributed by atoms with Crippen molar-refractivity contribution in [3.63, 3.8) is 0 Å². The zero-order valence-corrected chi connectivity index (χ0v) is 11.2. The van der Waals surface area contributed by atoms with Gasteiger partial charge >= 0.3 is 6.09 Å². The van der Waals surface area contributed by atoms with Gasteiger partial charge in [-0.2, -0.15) is 0 Å². The lowest BCUT2D eigenvalue weighted by atomic mass is 10.2. The summed E-state index contributed by atoms with van der Waals surface area (Å²) in [7, 11) is 1.68. The van der Waals surface area contributed by atoms with Gasteiger partial charge in [0.1, 0.15) is 6.61 Å². The molecule has 0 N–H and O–H groups in total. The van der Waals surface area contributed by atoms with Crippen LogP contribution >= 0.6 is 11.6 Å². The van der Waals surface area contributed by atoms with Crippen molar-refractivity contribution < 1.29 is 14.3 Å². The van der Waals surface area contributed by atoms with E-state index < -0.39 is 0 Å². The van der Waals surface area contributed by atoms with Gasteiger partial charge in [-0.1, -0.05) is 30.3 Å². The van der Waals surface area contributed by atoms with Crippen molar-refractivity contribution in [2.45, 2.75) is 6.61 Å². The molecule has 0 spiro atoms. The standard InChI is InChI=1S/C13H18ClNO3/c1-15(8-10-17-9-7-14)13(16)18-11-12-5-3-2-4-6-12/h2-6H,7-11H2,1H3. The Labute approximate surface area is 112 Å². The molecular weight excluding hydrogens is 254 g/mol. The highest BCUT2D eigenvalue weighted by Crippen LogP contribution is 2.02. The number of amides is 1. The number of ether oxygens (including phenoxy) is 2. The molecule has 1 aromatic rings. The van der Waals surface area contributed by atoms with Crippen molar-refractivity contribution in [1.29, 1.82) is 0 Å². The highest BCUT2D eigenvalue weighted by molar-refractivity contribution is 6.17. The lowest BCUT2D eigenvalue weighted by molar-refractivity contribution is 0.0838. The van der Waals surface area contributed by atoms with Crippen molar-refractivity contribution in [2.75, 3.05) is 32.7 Å². The molecule has 1 amide bonds. The Morgan fingerprint density at radius 3 is 2.67 bits per heavy atom. The first kappa shape index (κ1) is 14.8. The van der Waals surface area contributed by atoms with E-state index in [1.807, 2.05) is 30.3 Å². The molecule has 0 radical (unpaired) electrons. The van der Waals surface area contributed by atoms with E-state index in [9.17, 15) is 4.79 Å². The largest absolute Gasteiger partial charge is 0.445 e. The van der Waals surface area contributed by atoms with Gasteiger partial charge in [-0.3, -0.25) is 0 Å². The van der Waals surface area contributed by atoms with E-state index in [0.29, 0.717) is 25.6 Å². The number of nitrogens with zero attached hydrogens (tertiary/aromatic N) is 1. The minimum Gasteiger partial charge on any atom is -0.445 e. The van der Waals surface area contributed by atoms with Gasteiger partial charge < -0.3 is 14.4 Å². The molecule has 0 aromatic heterocycles. The van der Waals surface area contributed by atoms with E-state index >= 15 is 0 Å². The smallest absolute Gasteiger partial charge is 0.409 e. The van der Waals surface area contributed by atoms with Crippen LogP contribution in [0.3, 0.4) is 0 Å². The van der Waals surface area contributed by atoms with E-state index in [2.05, 4.69) is 0 Å². The normalized spacial score (nSPS) is 10.1. The predicted molar refractivity (Wildman–Crippen MR) is 70.8 cm³/mol. The zero-order valence-electron chi connectivity index (χ0n) is 10.5. The Balaban J connectivity index is 2.19. The van der Waals surface area contributed by atoms with Crippen LogP contribution in [-0.4, -0.2) is 43.7 Å². The Hall–Kier alpha value is -1.26. The van der Waals surface area contributed by atoms with E-state index in [0.717, 1.165) is 5.56 Å². The van der Waals surface area contributed by atoms with E-state index in [1.165, 1.54) is 4.90 Å². The molecule has 18 heavy (non-hydrogen) atoms. The van der Waals surface area contributed by atoms with E-state index in [4.69, 9.17) is 21.1 Å². The fourth-order valence-corrected chi connectivity index (χ4v) is 1.39. The maximum atomic E-state index is 11.6. The summed E-state index contributed by atoms with van der Waals surface area (Å²) in [4.78, 5) is 13.1. The van der Waals surface area contributed by atoms with Crippen LogP contribution in [0.25, 0.3) is 0 Å². The fourth-order valence-electron chi connectivity index (χ4n) is 1.28. The molecule has 1 rings (SSSR count). The third-order valence-electron chi connectivity index (χ3n) is 2.31. The van der Waals surface area contributed by atoms with Crippen LogP contribution < -0.4 is 0 Å². The lowest BCUT2D eigenvalue weighted by Crippen LogP contribution is -2.30. The molecule has 4 nitrogen and oxygen atoms in total. The van der Waals surface area contributed by atoms with Crippen LogP contribution in [0.1, 0.15) is 5.56 Å². The van der Waals surface area contributed by atoms with Crippen molar-refractivity contribution in [3.05, 3.63) is 35.9 Å². The molecule has 100 valence electrons. The maximum absolute atomic E-state index is 11.6. The van der Waals surface area contributed by atoms with Crippen LogP contribution in [0.4, 0.5) is 4.79 Å². The second-order valence-corrected chi connectivity index (χ2v) is 4.14. The summed E-state index contributed by atoms with van der Waals surface area (Å²) in [5, 5.41) is 0. The molecule has 1 aromatic carbocycles. The molecule has 0 aliphatic carbocycles. The average Bonchev–Trinajstić information content (AvgIpc) is 2.42. The Kier molecular flexibility index (Phi) is 7.22. The van der Waals surface area contributed by atoms with E-state index in [1.54, 1.807) is 7.05 Å². The topological polar surface area (TPSA) is 38.8 Å². The second kappa shape index (κ2) is 8.78. The fraction of sp³-hybridized carbons (Fsp3) is 0.462. The Morgan fingerprint density at radius 1 is 1.28 bits per heavy atom. The van der Waals surface area contributed by atoms with Crippen molar-refractivity contribution in [2.24, 2.45) is 0 Å². The number of alkyl halides is 1. The van der Waals surface area contributed by atoms with Gasteiger partial charge in [-0.05, 0) is 5.56 Å². The van der Waals surface area contributed by atoms with Gasteiger partial charge in [-0.25, -0.2) is 4.79 Å². The molecule has 0 aliphatic rings. The summed E-state index contributed by atoms with van der Waals surface area (Å²) in [6.45, 7) is 1.73. The third kappa shape index (κ3) is 5.89. The second-order valence-electron chi connectivity index (χ2n) is 3.76. The minimum atomic E-state index is -0.353. The van der Waals surface area contributed by atoms with Crippen LogP contribution in [0.2, 0.25) is 0 Å². The number of hydrogen-bond acceptors (Lipinski definition) is 3. The van der Waals surface area contributed by atoms with Crippen LogP contribution in [0, 0.1) is 0 Å². The van der Waals surface area contributed by atoms with E-state index in [-0.39, 0.29) is 12.7 Å². The zero-order chi connectivity index (χ0) is 13.2. The van der Waals surface area contributed by atoms with Crippen LogP contribution in [0.5, 0.6) is 0 Å². The highest BCUT2D eigenvalue weighted by Gasteiger charge is 2.09. The molecule has 0 atom stereocenters. The van der Waals surface area contributed by atoms with Crippen molar-refractivity contribution in [1.82, 2.24) is 4.90 Å². The molecule has 0 saturated heterocycles. The first-order chi connectivity index (χ1) is 8.74. The summed E-state index contributed by atoms with van der Waals surface area (Å²) >= 11 is 5.47. The number of hydrogen-bond donors (Lipinski definition) is 0. The first-order valence-corrected chi connectivity index (χ1v) is 6.33. The monoisotopic (exact) mass is 271 g/mol. The lowest BCUT2D eigenvalue weighted by Gasteiger charge is -2.16. The average molecular weight is 272 g/mol. The molecule has 0 fully saturated rings. The number of carbonyl (C=O) groups is 1. The molecule has 5 heteroatoms. The molecule has 0 bridgehead atoms. The number of likely N-dealkylation sites (N-methyl/N-ethyl adjacent to an activating group) is 1. The summed E-state index contributed by atoms with van der Waals surface area (Å²) < 4.78 is 10.3. The van der Waals surface area contributed by atoms with Gasteiger partial charge in [0.15, 0.2) is 0 Å². The number of carbonyl (C=O) groups excluding carboxylic acids is 1. The van der Waals surface area contributed by atoms with Gasteiger partial charge in [0.05, 0.1) is 13.2 Å². The van der Waals surface area contributed by atoms with Gasteiger partial charge in [0.25, 0.3) is 0 Å². The highest BCUT2D eigenvalue weighted by atomic mass is 35.5. The predicted octanol–water partition coefficient (Wildman–Crippen LogP) is 2.51. The summed E-state index contributed by atoms with van der Waals surface area (Å²) in [6, 6.07) is 9.57. The van der Waals surface area contributed by atoms with Crippen LogP contribution in [0.15, 0.2) is 30.3 Å².